The number of fused-ring (bicyclic) bond motifs is 1. The van der Waals surface area contributed by atoms with E-state index in [0.717, 1.165) is 29.2 Å². The zero-order valence-corrected chi connectivity index (χ0v) is 17.7. The molecule has 1 amide bonds. The fourth-order valence-electron chi connectivity index (χ4n) is 3.63. The number of aromatic nitrogens is 1. The number of halogens is 3. The Hall–Kier alpha value is -4.19. The van der Waals surface area contributed by atoms with Gasteiger partial charge in [0.15, 0.2) is 11.5 Å². The number of benzene rings is 2. The standard InChI is InChI=1S/C24H18F3N3O3/c1-14-8-16(15(2)30(14)20-6-7-21-22(11-20)33-13-32-21)9-17(12-28)23(31)29-19-5-3-4-18(10-19)24(25,26)27/h3-11H,13H2,1-2H3,(H,29,31)/b17-9-. The first-order valence-electron chi connectivity index (χ1n) is 9.87. The molecule has 2 heterocycles. The van der Waals surface area contributed by atoms with Crippen LogP contribution in [0.4, 0.5) is 18.9 Å². The first-order chi connectivity index (χ1) is 15.7. The van der Waals surface area contributed by atoms with Gasteiger partial charge in [-0.3, -0.25) is 4.79 Å². The lowest BCUT2D eigenvalue weighted by Gasteiger charge is -2.11. The van der Waals surface area contributed by atoms with E-state index in [-0.39, 0.29) is 18.1 Å². The van der Waals surface area contributed by atoms with Gasteiger partial charge in [-0.05, 0) is 61.9 Å². The van der Waals surface area contributed by atoms with Crippen LogP contribution in [0.2, 0.25) is 0 Å². The second-order valence-corrected chi connectivity index (χ2v) is 7.40. The van der Waals surface area contributed by atoms with Crippen molar-refractivity contribution in [1.82, 2.24) is 4.57 Å². The van der Waals surface area contributed by atoms with Crippen molar-refractivity contribution in [2.45, 2.75) is 20.0 Å². The lowest BCUT2D eigenvalue weighted by atomic mass is 10.1. The molecule has 33 heavy (non-hydrogen) atoms. The maximum atomic E-state index is 12.9. The molecule has 168 valence electrons. The molecule has 0 fully saturated rings. The Kier molecular flexibility index (Phi) is 5.60. The number of nitriles is 1. The number of anilines is 1. The van der Waals surface area contributed by atoms with E-state index in [9.17, 15) is 23.2 Å². The highest BCUT2D eigenvalue weighted by atomic mass is 19.4. The van der Waals surface area contributed by atoms with Crippen LogP contribution < -0.4 is 14.8 Å². The summed E-state index contributed by atoms with van der Waals surface area (Å²) in [6, 6.07) is 13.4. The molecule has 0 saturated carbocycles. The molecular formula is C24H18F3N3O3. The van der Waals surface area contributed by atoms with Gasteiger partial charge in [0.1, 0.15) is 11.6 Å². The van der Waals surface area contributed by atoms with Gasteiger partial charge in [-0.25, -0.2) is 0 Å². The minimum Gasteiger partial charge on any atom is -0.454 e. The van der Waals surface area contributed by atoms with Crippen LogP contribution in [0.3, 0.4) is 0 Å². The Labute approximate surface area is 187 Å². The average molecular weight is 453 g/mol. The number of hydrogen-bond donors (Lipinski definition) is 1. The van der Waals surface area contributed by atoms with Crippen LogP contribution in [0.25, 0.3) is 11.8 Å². The van der Waals surface area contributed by atoms with Crippen LogP contribution in [0, 0.1) is 25.2 Å². The predicted molar refractivity (Wildman–Crippen MR) is 115 cm³/mol. The van der Waals surface area contributed by atoms with Gasteiger partial charge < -0.3 is 19.4 Å². The van der Waals surface area contributed by atoms with Crippen molar-refractivity contribution < 1.29 is 27.4 Å². The van der Waals surface area contributed by atoms with Crippen LogP contribution in [-0.4, -0.2) is 17.3 Å². The lowest BCUT2D eigenvalue weighted by Crippen LogP contribution is -2.14. The van der Waals surface area contributed by atoms with Crippen molar-refractivity contribution in [3.63, 3.8) is 0 Å². The van der Waals surface area contributed by atoms with Crippen molar-refractivity contribution in [1.29, 1.82) is 5.26 Å². The fraction of sp³-hybridized carbons (Fsp3) is 0.167. The van der Waals surface area contributed by atoms with Gasteiger partial charge in [0.05, 0.1) is 5.56 Å². The maximum absolute atomic E-state index is 12.9. The summed E-state index contributed by atoms with van der Waals surface area (Å²) < 4.78 is 51.5. The summed E-state index contributed by atoms with van der Waals surface area (Å²) in [6.07, 6.45) is -3.13. The molecule has 0 unspecified atom stereocenters. The lowest BCUT2D eigenvalue weighted by molar-refractivity contribution is -0.137. The molecule has 0 spiro atoms. The summed E-state index contributed by atoms with van der Waals surface area (Å²) in [5.74, 6) is 0.472. The first kappa shape index (κ1) is 22.0. The first-order valence-corrected chi connectivity index (χ1v) is 9.87. The van der Waals surface area contributed by atoms with Gasteiger partial charge in [0.2, 0.25) is 6.79 Å². The van der Waals surface area contributed by atoms with Gasteiger partial charge >= 0.3 is 6.18 Å². The second-order valence-electron chi connectivity index (χ2n) is 7.40. The van der Waals surface area contributed by atoms with E-state index in [1.54, 1.807) is 6.07 Å². The molecule has 0 atom stereocenters. The quantitative estimate of drug-likeness (QED) is 0.425. The highest BCUT2D eigenvalue weighted by Crippen LogP contribution is 2.35. The molecule has 1 aromatic heterocycles. The van der Waals surface area contributed by atoms with E-state index < -0.39 is 17.6 Å². The molecule has 0 saturated heterocycles. The molecule has 1 N–H and O–H groups in total. The summed E-state index contributed by atoms with van der Waals surface area (Å²) >= 11 is 0. The van der Waals surface area contributed by atoms with E-state index in [1.165, 1.54) is 18.2 Å². The number of aryl methyl sites for hydroxylation is 1. The predicted octanol–water partition coefficient (Wildman–Crippen LogP) is 5.39. The van der Waals surface area contributed by atoms with Crippen LogP contribution in [0.15, 0.2) is 54.1 Å². The van der Waals surface area contributed by atoms with Crippen LogP contribution >= 0.6 is 0 Å². The van der Waals surface area contributed by atoms with Crippen molar-refractivity contribution in [2.75, 3.05) is 12.1 Å². The normalized spacial score (nSPS) is 13.0. The average Bonchev–Trinajstić information content (AvgIpc) is 3.34. The van der Waals surface area contributed by atoms with Gasteiger partial charge in [0, 0.05) is 28.8 Å². The van der Waals surface area contributed by atoms with E-state index in [4.69, 9.17) is 9.47 Å². The molecule has 0 bridgehead atoms. The molecule has 3 aromatic rings. The SMILES string of the molecule is Cc1cc(/C=C(/C#N)C(=O)Nc2cccc(C(F)(F)F)c2)c(C)n1-c1ccc2c(c1)OCO2. The van der Waals surface area contributed by atoms with E-state index in [0.29, 0.717) is 17.1 Å². The zero-order valence-electron chi connectivity index (χ0n) is 17.7. The van der Waals surface area contributed by atoms with Crippen LogP contribution in [0.5, 0.6) is 11.5 Å². The highest BCUT2D eigenvalue weighted by Gasteiger charge is 2.30. The molecule has 9 heteroatoms. The number of hydrogen-bond acceptors (Lipinski definition) is 4. The molecule has 0 radical (unpaired) electrons. The van der Waals surface area contributed by atoms with Gasteiger partial charge in [-0.2, -0.15) is 18.4 Å². The monoisotopic (exact) mass is 453 g/mol. The number of ether oxygens (including phenoxy) is 2. The molecule has 1 aliphatic rings. The minimum atomic E-state index is -4.54. The maximum Gasteiger partial charge on any atom is 0.416 e. The number of alkyl halides is 3. The highest BCUT2D eigenvalue weighted by molar-refractivity contribution is 6.09. The second kappa shape index (κ2) is 8.39. The van der Waals surface area contributed by atoms with E-state index in [1.807, 2.05) is 42.7 Å². The number of carbonyl (C=O) groups is 1. The molecular weight excluding hydrogens is 435 g/mol. The number of nitrogens with zero attached hydrogens (tertiary/aromatic N) is 2. The summed E-state index contributed by atoms with van der Waals surface area (Å²) in [5, 5.41) is 11.9. The topological polar surface area (TPSA) is 76.3 Å². The Morgan fingerprint density at radius 1 is 1.12 bits per heavy atom. The largest absolute Gasteiger partial charge is 0.454 e. The van der Waals surface area contributed by atoms with Gasteiger partial charge in [-0.15, -0.1) is 0 Å². The number of amides is 1. The summed E-state index contributed by atoms with van der Waals surface area (Å²) in [5.41, 5.74) is 1.89. The van der Waals surface area contributed by atoms with Crippen molar-refractivity contribution in [2.24, 2.45) is 0 Å². The van der Waals surface area contributed by atoms with Crippen molar-refractivity contribution in [3.05, 3.63) is 76.6 Å². The Balaban J connectivity index is 1.62. The van der Waals surface area contributed by atoms with Crippen LogP contribution in [0.1, 0.15) is 22.5 Å². The summed E-state index contributed by atoms with van der Waals surface area (Å²) in [6.45, 7) is 3.87. The fourth-order valence-corrected chi connectivity index (χ4v) is 3.63. The van der Waals surface area contributed by atoms with Gasteiger partial charge in [-0.1, -0.05) is 6.07 Å². The van der Waals surface area contributed by atoms with Crippen molar-refractivity contribution in [3.8, 4) is 23.3 Å². The summed E-state index contributed by atoms with van der Waals surface area (Å²) in [7, 11) is 0. The minimum absolute atomic E-state index is 0.0539. The molecule has 0 aliphatic carbocycles. The Morgan fingerprint density at radius 3 is 2.61 bits per heavy atom. The molecule has 1 aliphatic heterocycles. The number of rotatable bonds is 4. The summed E-state index contributed by atoms with van der Waals surface area (Å²) in [4.78, 5) is 12.6. The van der Waals surface area contributed by atoms with E-state index >= 15 is 0 Å². The Morgan fingerprint density at radius 2 is 1.88 bits per heavy atom. The smallest absolute Gasteiger partial charge is 0.416 e. The van der Waals surface area contributed by atoms with E-state index in [2.05, 4.69) is 5.32 Å². The number of carbonyl (C=O) groups excluding carboxylic acids is 1. The third kappa shape index (κ3) is 4.41. The van der Waals surface area contributed by atoms with Gasteiger partial charge in [0.25, 0.3) is 5.91 Å². The third-order valence-electron chi connectivity index (χ3n) is 5.20. The van der Waals surface area contributed by atoms with Crippen molar-refractivity contribution >= 4 is 17.7 Å². The number of nitrogens with one attached hydrogen (secondary N) is 1. The Bertz CT molecular complexity index is 1320. The molecule has 4 rings (SSSR count). The van der Waals surface area contributed by atoms with Crippen LogP contribution in [-0.2, 0) is 11.0 Å². The molecule has 6 nitrogen and oxygen atoms in total. The third-order valence-corrected chi connectivity index (χ3v) is 5.20. The zero-order chi connectivity index (χ0) is 23.8. The molecule has 2 aromatic carbocycles.